The van der Waals surface area contributed by atoms with E-state index in [1.165, 1.54) is 0 Å². The summed E-state index contributed by atoms with van der Waals surface area (Å²) in [5, 5.41) is 2.64. The van der Waals surface area contributed by atoms with Gasteiger partial charge in [0.1, 0.15) is 6.04 Å². The second kappa shape index (κ2) is 6.10. The summed E-state index contributed by atoms with van der Waals surface area (Å²) in [6.07, 6.45) is 0.602. The quantitative estimate of drug-likeness (QED) is 0.841. The first kappa shape index (κ1) is 14.6. The maximum absolute atomic E-state index is 12.3. The first-order valence-corrected chi connectivity index (χ1v) is 7.13. The summed E-state index contributed by atoms with van der Waals surface area (Å²) in [5.41, 5.74) is 1.92. The number of hydrogen-bond donors (Lipinski definition) is 1. The van der Waals surface area contributed by atoms with Crippen molar-refractivity contribution in [1.29, 1.82) is 0 Å². The van der Waals surface area contributed by atoms with E-state index in [9.17, 15) is 9.59 Å². The third-order valence-electron chi connectivity index (χ3n) is 3.20. The Hall–Kier alpha value is -1.80. The van der Waals surface area contributed by atoms with E-state index in [0.29, 0.717) is 13.0 Å². The smallest absolute Gasteiger partial charge is 0.296 e. The summed E-state index contributed by atoms with van der Waals surface area (Å²) >= 11 is 3.44. The molecule has 0 bridgehead atoms. The number of nitrogens with zero attached hydrogens (tertiary/aromatic N) is 1. The highest BCUT2D eigenvalue weighted by molar-refractivity contribution is 9.10. The normalized spacial score (nSPS) is 17.6. The molecule has 0 aliphatic carbocycles. The average molecular weight is 335 g/mol. The van der Waals surface area contributed by atoms with E-state index in [4.69, 9.17) is 0 Å². The van der Waals surface area contributed by atoms with Crippen LogP contribution in [0.5, 0.6) is 0 Å². The number of benzene rings is 1. The molecule has 1 aliphatic rings. The van der Waals surface area contributed by atoms with Crippen LogP contribution in [0.15, 0.2) is 22.7 Å². The van der Waals surface area contributed by atoms with Crippen LogP contribution in [0.4, 0.5) is 5.69 Å². The number of anilines is 1. The van der Waals surface area contributed by atoms with Crippen molar-refractivity contribution >= 4 is 33.4 Å². The summed E-state index contributed by atoms with van der Waals surface area (Å²) in [5.74, 6) is 4.42. The molecule has 2 amide bonds. The highest BCUT2D eigenvalue weighted by atomic mass is 79.9. The fourth-order valence-electron chi connectivity index (χ4n) is 2.17. The van der Waals surface area contributed by atoms with Crippen LogP contribution in [0.25, 0.3) is 0 Å². The van der Waals surface area contributed by atoms with Gasteiger partial charge in [-0.25, -0.2) is 0 Å². The molecule has 1 saturated heterocycles. The second-order valence-corrected chi connectivity index (χ2v) is 5.47. The van der Waals surface area contributed by atoms with Gasteiger partial charge < -0.3 is 10.2 Å². The monoisotopic (exact) mass is 334 g/mol. The van der Waals surface area contributed by atoms with Gasteiger partial charge in [-0.1, -0.05) is 21.9 Å². The highest BCUT2D eigenvalue weighted by Gasteiger charge is 2.33. The van der Waals surface area contributed by atoms with Gasteiger partial charge in [-0.2, -0.15) is 0 Å². The van der Waals surface area contributed by atoms with Gasteiger partial charge in [-0.15, -0.1) is 0 Å². The van der Waals surface area contributed by atoms with Gasteiger partial charge in [0.2, 0.25) is 5.91 Å². The van der Waals surface area contributed by atoms with Gasteiger partial charge in [0, 0.05) is 16.7 Å². The molecule has 1 aliphatic heterocycles. The number of carbonyl (C=O) groups is 2. The zero-order valence-corrected chi connectivity index (χ0v) is 13.0. The van der Waals surface area contributed by atoms with E-state index in [0.717, 1.165) is 15.7 Å². The number of nitrogens with one attached hydrogen (secondary N) is 1. The molecule has 104 valence electrons. The third kappa shape index (κ3) is 3.02. The molecule has 20 heavy (non-hydrogen) atoms. The Labute approximate surface area is 126 Å². The van der Waals surface area contributed by atoms with E-state index in [2.05, 4.69) is 33.1 Å². The summed E-state index contributed by atoms with van der Waals surface area (Å²) in [6.45, 7) is 4.17. The minimum atomic E-state index is -0.479. The van der Waals surface area contributed by atoms with E-state index in [-0.39, 0.29) is 5.91 Å². The topological polar surface area (TPSA) is 49.4 Å². The van der Waals surface area contributed by atoms with Gasteiger partial charge in [0.05, 0.1) is 0 Å². The molecule has 2 rings (SSSR count). The van der Waals surface area contributed by atoms with Gasteiger partial charge in [0.25, 0.3) is 5.91 Å². The van der Waals surface area contributed by atoms with Gasteiger partial charge in [-0.05, 0) is 50.0 Å². The molecule has 1 heterocycles. The molecular weight excluding hydrogens is 320 g/mol. The van der Waals surface area contributed by atoms with Crippen molar-refractivity contribution in [2.24, 2.45) is 0 Å². The number of amides is 2. The SMILES string of the molecule is CC#CC(=O)N[C@@H]1CCN(c2ccc(Br)c(C)c2)C1=O. The van der Waals surface area contributed by atoms with Crippen molar-refractivity contribution in [2.45, 2.75) is 26.3 Å². The average Bonchev–Trinajstić information content (AvgIpc) is 2.75. The predicted octanol–water partition coefficient (Wildman–Crippen LogP) is 2.00. The first-order valence-electron chi connectivity index (χ1n) is 6.33. The number of aryl methyl sites for hydroxylation is 1. The Balaban J connectivity index is 2.12. The van der Waals surface area contributed by atoms with Crippen molar-refractivity contribution < 1.29 is 9.59 Å². The van der Waals surface area contributed by atoms with Gasteiger partial charge in [-0.3, -0.25) is 9.59 Å². The number of hydrogen-bond acceptors (Lipinski definition) is 2. The molecule has 4 nitrogen and oxygen atoms in total. The predicted molar refractivity (Wildman–Crippen MR) is 81.2 cm³/mol. The number of halogens is 1. The fraction of sp³-hybridized carbons (Fsp3) is 0.333. The van der Waals surface area contributed by atoms with Crippen LogP contribution < -0.4 is 10.2 Å². The minimum absolute atomic E-state index is 0.0852. The summed E-state index contributed by atoms with van der Waals surface area (Å²) < 4.78 is 1.01. The summed E-state index contributed by atoms with van der Waals surface area (Å²) in [6, 6.07) is 5.29. The molecule has 1 aromatic carbocycles. The Morgan fingerprint density at radius 2 is 2.25 bits per heavy atom. The lowest BCUT2D eigenvalue weighted by molar-refractivity contribution is -0.123. The van der Waals surface area contributed by atoms with Crippen LogP contribution in [0.1, 0.15) is 18.9 Å². The molecule has 1 atom stereocenters. The lowest BCUT2D eigenvalue weighted by Crippen LogP contribution is -2.41. The third-order valence-corrected chi connectivity index (χ3v) is 4.09. The van der Waals surface area contributed by atoms with Crippen molar-refractivity contribution in [2.75, 3.05) is 11.4 Å². The van der Waals surface area contributed by atoms with Crippen LogP contribution in [0.3, 0.4) is 0 Å². The molecule has 1 aromatic rings. The molecule has 5 heteroatoms. The molecule has 0 saturated carbocycles. The van der Waals surface area contributed by atoms with Gasteiger partial charge >= 0.3 is 0 Å². The molecule has 0 radical (unpaired) electrons. The second-order valence-electron chi connectivity index (χ2n) is 4.61. The zero-order chi connectivity index (χ0) is 14.7. The number of rotatable bonds is 2. The molecule has 0 aromatic heterocycles. The Morgan fingerprint density at radius 1 is 1.50 bits per heavy atom. The lowest BCUT2D eigenvalue weighted by Gasteiger charge is -2.17. The van der Waals surface area contributed by atoms with Crippen molar-refractivity contribution in [3.05, 3.63) is 28.2 Å². The molecule has 1 fully saturated rings. The lowest BCUT2D eigenvalue weighted by atomic mass is 10.2. The fourth-order valence-corrected chi connectivity index (χ4v) is 2.42. The van der Waals surface area contributed by atoms with Crippen molar-refractivity contribution in [3.8, 4) is 11.8 Å². The number of carbonyl (C=O) groups excluding carboxylic acids is 2. The minimum Gasteiger partial charge on any atom is -0.333 e. The first-order chi connectivity index (χ1) is 9.52. The van der Waals surface area contributed by atoms with E-state index < -0.39 is 11.9 Å². The maximum Gasteiger partial charge on any atom is 0.296 e. The molecule has 1 N–H and O–H groups in total. The van der Waals surface area contributed by atoms with E-state index >= 15 is 0 Å². The Morgan fingerprint density at radius 3 is 2.90 bits per heavy atom. The standard InChI is InChI=1S/C15H15BrN2O2/c1-3-4-14(19)17-13-7-8-18(15(13)20)11-5-6-12(16)10(2)9-11/h5-6,9,13H,7-8H2,1-2H3,(H,17,19)/t13-/m1/s1. The summed E-state index contributed by atoms with van der Waals surface area (Å²) in [7, 11) is 0. The summed E-state index contributed by atoms with van der Waals surface area (Å²) in [4.78, 5) is 25.4. The van der Waals surface area contributed by atoms with Crippen LogP contribution in [-0.4, -0.2) is 24.4 Å². The maximum atomic E-state index is 12.3. The Kier molecular flexibility index (Phi) is 4.46. The molecule has 0 unspecified atom stereocenters. The zero-order valence-electron chi connectivity index (χ0n) is 11.4. The molecule has 0 spiro atoms. The Bertz CT molecular complexity index is 616. The highest BCUT2D eigenvalue weighted by Crippen LogP contribution is 2.26. The largest absolute Gasteiger partial charge is 0.333 e. The van der Waals surface area contributed by atoms with Gasteiger partial charge in [0.15, 0.2) is 0 Å². The van der Waals surface area contributed by atoms with Crippen molar-refractivity contribution in [3.63, 3.8) is 0 Å². The van der Waals surface area contributed by atoms with E-state index in [1.807, 2.05) is 25.1 Å². The van der Waals surface area contributed by atoms with Crippen LogP contribution >= 0.6 is 15.9 Å². The molecular formula is C15H15BrN2O2. The van der Waals surface area contributed by atoms with E-state index in [1.54, 1.807) is 11.8 Å². The van der Waals surface area contributed by atoms with Crippen LogP contribution in [-0.2, 0) is 9.59 Å². The van der Waals surface area contributed by atoms with Crippen LogP contribution in [0, 0.1) is 18.8 Å². The van der Waals surface area contributed by atoms with Crippen LogP contribution in [0.2, 0.25) is 0 Å². The van der Waals surface area contributed by atoms with Crippen molar-refractivity contribution in [1.82, 2.24) is 5.32 Å².